The number of nitrogens with one attached hydrogen (secondary N) is 1. The van der Waals surface area contributed by atoms with E-state index in [1.165, 1.54) is 5.32 Å². The van der Waals surface area contributed by atoms with Gasteiger partial charge in [-0.2, -0.15) is 13.2 Å². The molecule has 0 saturated carbocycles. The van der Waals surface area contributed by atoms with E-state index in [4.69, 9.17) is 5.11 Å². The number of nitrogens with zero attached hydrogens (tertiary/aromatic N) is 1. The Morgan fingerprint density at radius 3 is 2.62 bits per heavy atom. The molecule has 2 N–H and O–H groups in total. The highest BCUT2D eigenvalue weighted by molar-refractivity contribution is 5.79. The van der Waals surface area contributed by atoms with E-state index in [-0.39, 0.29) is 0 Å². The first-order valence-electron chi connectivity index (χ1n) is 2.92. The van der Waals surface area contributed by atoms with Crippen LogP contribution in [0.1, 0.15) is 5.76 Å². The van der Waals surface area contributed by atoms with Gasteiger partial charge in [-0.25, -0.2) is 15.1 Å². The number of amides is 1. The molecule has 0 bridgehead atoms. The molecule has 1 aromatic rings. The van der Waals surface area contributed by atoms with E-state index < -0.39 is 24.0 Å². The molecular weight excluding hydrogens is 193 g/mol. The van der Waals surface area contributed by atoms with Gasteiger partial charge in [-0.05, 0) is 0 Å². The monoisotopic (exact) mass is 196 g/mol. The normalized spacial score (nSPS) is 11.3. The minimum atomic E-state index is -4.66. The van der Waals surface area contributed by atoms with Crippen LogP contribution in [0.2, 0.25) is 0 Å². The van der Waals surface area contributed by atoms with Gasteiger partial charge in [0.15, 0.2) is 0 Å². The van der Waals surface area contributed by atoms with E-state index in [2.05, 4.69) is 9.40 Å². The van der Waals surface area contributed by atoms with Crippen LogP contribution in [0, 0.1) is 0 Å². The Bertz CT molecular complexity index is 319. The van der Waals surface area contributed by atoms with Crippen molar-refractivity contribution in [2.24, 2.45) is 0 Å². The van der Waals surface area contributed by atoms with Gasteiger partial charge in [0.2, 0.25) is 5.76 Å². The Hall–Kier alpha value is -1.73. The molecule has 5 nitrogen and oxygen atoms in total. The van der Waals surface area contributed by atoms with Crippen LogP contribution in [0.25, 0.3) is 0 Å². The smallest absolute Gasteiger partial charge is 0.451 e. The minimum Gasteiger partial charge on any atom is -0.465 e. The molecule has 0 spiro atoms. The zero-order valence-electron chi connectivity index (χ0n) is 5.92. The second-order valence-corrected chi connectivity index (χ2v) is 1.96. The number of halogens is 3. The van der Waals surface area contributed by atoms with Gasteiger partial charge in [-0.1, -0.05) is 0 Å². The summed E-state index contributed by atoms with van der Waals surface area (Å²) in [6.07, 6.45) is -5.81. The molecule has 0 saturated heterocycles. The Kier molecular flexibility index (Phi) is 2.13. The first-order valence-corrected chi connectivity index (χ1v) is 2.92. The maximum atomic E-state index is 11.8. The van der Waals surface area contributed by atoms with Crippen molar-refractivity contribution in [1.29, 1.82) is 0 Å². The van der Waals surface area contributed by atoms with Crippen molar-refractivity contribution in [1.82, 2.24) is 4.98 Å². The molecule has 0 aliphatic rings. The average Bonchev–Trinajstić information content (AvgIpc) is 2.32. The summed E-state index contributed by atoms with van der Waals surface area (Å²) >= 11 is 0. The van der Waals surface area contributed by atoms with Crippen LogP contribution < -0.4 is 5.32 Å². The molecule has 0 aliphatic heterocycles. The lowest BCUT2D eigenvalue weighted by Gasteiger charge is -1.98. The van der Waals surface area contributed by atoms with Crippen LogP contribution in [0.5, 0.6) is 0 Å². The van der Waals surface area contributed by atoms with E-state index in [0.29, 0.717) is 6.20 Å². The zero-order valence-corrected chi connectivity index (χ0v) is 5.92. The van der Waals surface area contributed by atoms with Crippen LogP contribution in [-0.4, -0.2) is 16.2 Å². The van der Waals surface area contributed by atoms with E-state index in [1.807, 2.05) is 0 Å². The van der Waals surface area contributed by atoms with Crippen molar-refractivity contribution in [3.05, 3.63) is 12.0 Å². The van der Waals surface area contributed by atoms with Gasteiger partial charge in [0.25, 0.3) is 0 Å². The third kappa shape index (κ3) is 2.36. The Morgan fingerprint density at radius 1 is 1.62 bits per heavy atom. The fraction of sp³-hybridized carbons (Fsp3) is 0.200. The molecule has 0 radical (unpaired) electrons. The quantitative estimate of drug-likeness (QED) is 0.717. The predicted octanol–water partition coefficient (Wildman–Crippen LogP) is 1.78. The third-order valence-corrected chi connectivity index (χ3v) is 0.999. The lowest BCUT2D eigenvalue weighted by molar-refractivity contribution is -0.152. The topological polar surface area (TPSA) is 75.4 Å². The number of alkyl halides is 3. The van der Waals surface area contributed by atoms with E-state index in [1.54, 1.807) is 0 Å². The zero-order chi connectivity index (χ0) is 10.1. The number of hydrogen-bond acceptors (Lipinski definition) is 3. The number of hydrogen-bond donors (Lipinski definition) is 2. The Labute approximate surface area is 69.2 Å². The van der Waals surface area contributed by atoms with Gasteiger partial charge in [0, 0.05) is 0 Å². The van der Waals surface area contributed by atoms with Gasteiger partial charge in [-0.15, -0.1) is 0 Å². The largest absolute Gasteiger partial charge is 0.465 e. The summed E-state index contributed by atoms with van der Waals surface area (Å²) in [5.74, 6) is -1.35. The number of carbonyl (C=O) groups is 1. The molecule has 0 aromatic carbocycles. The van der Waals surface area contributed by atoms with E-state index >= 15 is 0 Å². The van der Waals surface area contributed by atoms with Crippen molar-refractivity contribution in [2.45, 2.75) is 6.18 Å². The van der Waals surface area contributed by atoms with Crippen molar-refractivity contribution in [3.63, 3.8) is 0 Å². The van der Waals surface area contributed by atoms with Gasteiger partial charge in [-0.3, -0.25) is 0 Å². The highest BCUT2D eigenvalue weighted by atomic mass is 19.4. The summed E-state index contributed by atoms with van der Waals surface area (Å²) in [6.45, 7) is 0. The van der Waals surface area contributed by atoms with Crippen molar-refractivity contribution in [3.8, 4) is 0 Å². The van der Waals surface area contributed by atoms with Gasteiger partial charge in [0.1, 0.15) is 0 Å². The molecule has 72 valence electrons. The minimum absolute atomic E-state index is 0.394. The highest BCUT2D eigenvalue weighted by Gasteiger charge is 2.35. The number of carboxylic acid groups (broad SMARTS) is 1. The molecular formula is C5H3F3N2O3. The van der Waals surface area contributed by atoms with Gasteiger partial charge in [0.05, 0.1) is 6.20 Å². The molecule has 13 heavy (non-hydrogen) atoms. The number of aromatic nitrogens is 1. The second-order valence-electron chi connectivity index (χ2n) is 1.96. The van der Waals surface area contributed by atoms with Crippen LogP contribution >= 0.6 is 0 Å². The maximum absolute atomic E-state index is 11.8. The number of oxazole rings is 1. The van der Waals surface area contributed by atoms with Crippen molar-refractivity contribution in [2.75, 3.05) is 5.32 Å². The maximum Gasteiger partial charge on any atom is 0.451 e. The summed E-state index contributed by atoms with van der Waals surface area (Å²) in [5, 5.41) is 9.62. The Morgan fingerprint density at radius 2 is 2.23 bits per heavy atom. The molecule has 0 atom stereocenters. The van der Waals surface area contributed by atoms with Gasteiger partial charge >= 0.3 is 18.3 Å². The molecule has 1 rings (SSSR count). The average molecular weight is 196 g/mol. The lowest BCUT2D eigenvalue weighted by Crippen LogP contribution is -2.07. The third-order valence-electron chi connectivity index (χ3n) is 0.999. The van der Waals surface area contributed by atoms with Crippen LogP contribution in [-0.2, 0) is 6.18 Å². The first kappa shape index (κ1) is 9.36. The molecule has 0 fully saturated rings. The molecule has 0 aliphatic carbocycles. The molecule has 1 heterocycles. The van der Waals surface area contributed by atoms with Crippen molar-refractivity contribution >= 4 is 12.1 Å². The molecule has 8 heteroatoms. The fourth-order valence-corrected chi connectivity index (χ4v) is 0.554. The second kappa shape index (κ2) is 2.96. The number of rotatable bonds is 1. The fourth-order valence-electron chi connectivity index (χ4n) is 0.554. The van der Waals surface area contributed by atoms with Crippen LogP contribution in [0.15, 0.2) is 10.6 Å². The molecule has 1 aromatic heterocycles. The predicted molar refractivity (Wildman–Crippen MR) is 33.2 cm³/mol. The Balaban J connectivity index is 2.81. The lowest BCUT2D eigenvalue weighted by atomic mass is 10.5. The van der Waals surface area contributed by atoms with Gasteiger partial charge < -0.3 is 9.52 Å². The van der Waals surface area contributed by atoms with Crippen molar-refractivity contribution < 1.29 is 27.5 Å². The summed E-state index contributed by atoms with van der Waals surface area (Å²) in [4.78, 5) is 13.0. The molecule has 1 amide bonds. The summed E-state index contributed by atoms with van der Waals surface area (Å²) < 4.78 is 39.5. The van der Waals surface area contributed by atoms with Crippen LogP contribution in [0.3, 0.4) is 0 Å². The number of anilines is 1. The van der Waals surface area contributed by atoms with E-state index in [9.17, 15) is 18.0 Å². The highest BCUT2D eigenvalue weighted by Crippen LogP contribution is 2.30. The summed E-state index contributed by atoms with van der Waals surface area (Å²) in [7, 11) is 0. The van der Waals surface area contributed by atoms with E-state index in [0.717, 1.165) is 0 Å². The standard InChI is InChI=1S/C5H3F3N2O3/c6-5(7,8)2-1-9-3(13-2)10-4(11)12/h1H,(H,9,10)(H,11,12). The first-order chi connectivity index (χ1) is 5.89. The summed E-state index contributed by atoms with van der Waals surface area (Å²) in [5.41, 5.74) is 0. The van der Waals surface area contributed by atoms with Crippen LogP contribution in [0.4, 0.5) is 24.0 Å². The summed E-state index contributed by atoms with van der Waals surface area (Å²) in [6, 6.07) is -0.708. The SMILES string of the molecule is O=C(O)Nc1ncc(C(F)(F)F)o1. The molecule has 0 unspecified atom stereocenters.